The highest BCUT2D eigenvalue weighted by Gasteiger charge is 2.61. The van der Waals surface area contributed by atoms with Gasteiger partial charge in [-0.3, -0.25) is 4.90 Å². The van der Waals surface area contributed by atoms with Crippen LogP contribution in [0.1, 0.15) is 44.2 Å². The maximum Gasteiger partial charge on any atom is 0.458 e. The molecule has 49 heavy (non-hydrogen) atoms. The Labute approximate surface area is 277 Å². The van der Waals surface area contributed by atoms with Crippen LogP contribution in [0, 0.1) is 18.6 Å². The van der Waals surface area contributed by atoms with E-state index in [9.17, 15) is 13.2 Å². The summed E-state index contributed by atoms with van der Waals surface area (Å²) in [5.41, 5.74) is -0.704. The minimum atomic E-state index is -6.15. The molecule has 0 aliphatic carbocycles. The zero-order valence-corrected chi connectivity index (χ0v) is 27.0. The van der Waals surface area contributed by atoms with E-state index in [0.29, 0.717) is 38.9 Å². The van der Waals surface area contributed by atoms with Gasteiger partial charge in [0.05, 0.1) is 30.5 Å². The number of benzene rings is 1. The standard InChI is InChI=1S/C32H36F7N7O3/c1-4-16-11-46-20(10-41-16)15(3)49-29-22-27(43-30(44-28(22)46)48-13-18-6-5-17-12-47-8-7-45(17)18)25(34)26(42-29)21-23(31(35,36)32(37,38)39)14(2)9-19(40)24(21)33/h9,15-18,20,41H,4-8,10-13,40H2,1-3H3/t15-,16+,17-,18-,20-/m0/s1. The molecule has 7 rings (SSSR count). The molecule has 0 spiro atoms. The zero-order valence-electron chi connectivity index (χ0n) is 27.0. The number of hydrogen-bond acceptors (Lipinski definition) is 10. The van der Waals surface area contributed by atoms with E-state index in [2.05, 4.69) is 20.2 Å². The van der Waals surface area contributed by atoms with E-state index in [1.807, 2.05) is 11.8 Å². The van der Waals surface area contributed by atoms with E-state index < -0.39 is 63.4 Å². The van der Waals surface area contributed by atoms with Crippen molar-refractivity contribution in [2.75, 3.05) is 50.1 Å². The van der Waals surface area contributed by atoms with Crippen molar-refractivity contribution in [3.8, 4) is 23.1 Å². The highest BCUT2D eigenvalue weighted by molar-refractivity contribution is 5.97. The number of morpholine rings is 1. The average Bonchev–Trinajstić information content (AvgIpc) is 3.43. The van der Waals surface area contributed by atoms with Crippen LogP contribution >= 0.6 is 0 Å². The third-order valence-electron chi connectivity index (χ3n) is 10.1. The number of aromatic nitrogens is 3. The molecular formula is C32H36F7N7O3. The van der Waals surface area contributed by atoms with Crippen LogP contribution in [0.15, 0.2) is 6.07 Å². The lowest BCUT2D eigenvalue weighted by Crippen LogP contribution is -2.60. The van der Waals surface area contributed by atoms with Gasteiger partial charge in [0.1, 0.15) is 35.1 Å². The summed E-state index contributed by atoms with van der Waals surface area (Å²) in [5.74, 6) is -8.90. The number of nitrogen functional groups attached to an aromatic ring is 1. The summed E-state index contributed by atoms with van der Waals surface area (Å²) in [4.78, 5) is 17.3. The Hall–Kier alpha value is -3.70. The van der Waals surface area contributed by atoms with Crippen LogP contribution in [0.5, 0.6) is 11.9 Å². The number of nitrogens with one attached hydrogen (secondary N) is 1. The first-order valence-corrected chi connectivity index (χ1v) is 16.3. The number of rotatable bonds is 6. The number of hydrogen-bond donors (Lipinski definition) is 2. The van der Waals surface area contributed by atoms with Gasteiger partial charge in [-0.15, -0.1) is 0 Å². The first-order valence-electron chi connectivity index (χ1n) is 16.3. The average molecular weight is 700 g/mol. The number of piperazine rings is 1. The predicted molar refractivity (Wildman–Crippen MR) is 165 cm³/mol. The van der Waals surface area contributed by atoms with Gasteiger partial charge < -0.3 is 30.2 Å². The molecule has 0 saturated carbocycles. The molecule has 266 valence electrons. The first-order chi connectivity index (χ1) is 23.2. The second kappa shape index (κ2) is 12.3. The molecule has 4 aliphatic heterocycles. The molecule has 3 saturated heterocycles. The van der Waals surface area contributed by atoms with Crippen molar-refractivity contribution in [1.29, 1.82) is 0 Å². The van der Waals surface area contributed by atoms with E-state index in [1.54, 1.807) is 6.92 Å². The summed E-state index contributed by atoms with van der Waals surface area (Å²) in [7, 11) is 0. The van der Waals surface area contributed by atoms with Crippen molar-refractivity contribution < 1.29 is 44.9 Å². The molecule has 5 atom stereocenters. The van der Waals surface area contributed by atoms with Gasteiger partial charge in [-0.2, -0.15) is 31.9 Å². The Morgan fingerprint density at radius 3 is 2.61 bits per heavy atom. The van der Waals surface area contributed by atoms with E-state index in [1.165, 1.54) is 0 Å². The predicted octanol–water partition coefficient (Wildman–Crippen LogP) is 5.09. The summed E-state index contributed by atoms with van der Waals surface area (Å²) in [6.45, 7) is 7.50. The quantitative estimate of drug-likeness (QED) is 0.267. The van der Waals surface area contributed by atoms with Crippen molar-refractivity contribution in [3.05, 3.63) is 28.8 Å². The number of aryl methyl sites for hydroxylation is 1. The van der Waals surface area contributed by atoms with Gasteiger partial charge in [0.25, 0.3) is 0 Å². The van der Waals surface area contributed by atoms with Gasteiger partial charge in [-0.1, -0.05) is 6.92 Å². The zero-order chi connectivity index (χ0) is 35.0. The van der Waals surface area contributed by atoms with Crippen molar-refractivity contribution in [1.82, 2.24) is 25.2 Å². The fraction of sp³-hybridized carbons (Fsp3) is 0.594. The van der Waals surface area contributed by atoms with Crippen LogP contribution in [0.3, 0.4) is 0 Å². The topological polar surface area (TPSA) is 111 Å². The van der Waals surface area contributed by atoms with Crippen LogP contribution in [0.25, 0.3) is 22.2 Å². The lowest BCUT2D eigenvalue weighted by molar-refractivity contribution is -0.289. The number of ether oxygens (including phenoxy) is 3. The highest BCUT2D eigenvalue weighted by atomic mass is 19.4. The molecule has 0 unspecified atom stereocenters. The third kappa shape index (κ3) is 5.57. The van der Waals surface area contributed by atoms with Crippen LogP contribution in [-0.4, -0.2) is 95.8 Å². The lowest BCUT2D eigenvalue weighted by atomic mass is 9.91. The summed E-state index contributed by atoms with van der Waals surface area (Å²) in [6, 6.07) is 0.275. The van der Waals surface area contributed by atoms with E-state index >= 15 is 17.6 Å². The fourth-order valence-corrected chi connectivity index (χ4v) is 7.54. The molecule has 2 aromatic heterocycles. The van der Waals surface area contributed by atoms with E-state index in [0.717, 1.165) is 26.2 Å². The minimum Gasteiger partial charge on any atom is -0.472 e. The largest absolute Gasteiger partial charge is 0.472 e. The van der Waals surface area contributed by atoms with Crippen molar-refractivity contribution in [3.63, 3.8) is 0 Å². The normalized spacial score (nSPS) is 25.9. The molecule has 10 nitrogen and oxygen atoms in total. The number of nitrogens with zero attached hydrogens (tertiary/aromatic N) is 5. The Balaban J connectivity index is 1.43. The minimum absolute atomic E-state index is 0.00275. The summed E-state index contributed by atoms with van der Waals surface area (Å²) < 4.78 is 122. The van der Waals surface area contributed by atoms with Gasteiger partial charge >= 0.3 is 18.1 Å². The molecule has 6 heterocycles. The Kier molecular flexibility index (Phi) is 8.45. The van der Waals surface area contributed by atoms with Gasteiger partial charge in [0, 0.05) is 43.3 Å². The third-order valence-corrected chi connectivity index (χ3v) is 10.1. The van der Waals surface area contributed by atoms with Gasteiger partial charge in [0.15, 0.2) is 11.6 Å². The van der Waals surface area contributed by atoms with Crippen molar-refractivity contribution in [2.45, 2.75) is 82.4 Å². The highest BCUT2D eigenvalue weighted by Crippen LogP contribution is 2.51. The molecule has 3 fully saturated rings. The van der Waals surface area contributed by atoms with Gasteiger partial charge in [-0.25, -0.2) is 13.8 Å². The van der Waals surface area contributed by atoms with Crippen LogP contribution in [0.2, 0.25) is 0 Å². The van der Waals surface area contributed by atoms with Crippen LogP contribution in [-0.2, 0) is 10.7 Å². The smallest absolute Gasteiger partial charge is 0.458 e. The molecule has 0 radical (unpaired) electrons. The number of alkyl halides is 5. The number of pyridine rings is 1. The second-order valence-corrected chi connectivity index (χ2v) is 13.1. The Morgan fingerprint density at radius 1 is 1.10 bits per heavy atom. The summed E-state index contributed by atoms with van der Waals surface area (Å²) >= 11 is 0. The fourth-order valence-electron chi connectivity index (χ4n) is 7.54. The van der Waals surface area contributed by atoms with Crippen molar-refractivity contribution in [2.24, 2.45) is 0 Å². The monoisotopic (exact) mass is 699 g/mol. The number of fused-ring (bicyclic) bond motifs is 3. The molecule has 3 aromatic rings. The number of anilines is 2. The van der Waals surface area contributed by atoms with Crippen LogP contribution in [0.4, 0.5) is 42.2 Å². The molecule has 0 bridgehead atoms. The van der Waals surface area contributed by atoms with Crippen LogP contribution < -0.4 is 25.4 Å². The number of halogens is 7. The maximum absolute atomic E-state index is 16.9. The van der Waals surface area contributed by atoms with E-state index in [4.69, 9.17) is 24.9 Å². The Morgan fingerprint density at radius 2 is 1.88 bits per heavy atom. The maximum atomic E-state index is 16.9. The summed E-state index contributed by atoms with van der Waals surface area (Å²) in [6.07, 6.45) is -4.36. The molecule has 3 N–H and O–H groups in total. The summed E-state index contributed by atoms with van der Waals surface area (Å²) in [5, 5.41) is 3.39. The molecular weight excluding hydrogens is 663 g/mol. The SMILES string of the molecule is CC[C@@H]1CN2c3nc(OC[C@@H]4CC[C@H]5COCCN54)nc4c(F)c(-c5c(F)c(N)cc(C)c5C(F)(F)C(F)(F)F)nc(c34)O[C@@H](C)[C@@H]2CN1. The Bertz CT molecular complexity index is 1780. The first kappa shape index (κ1) is 33.8. The van der Waals surface area contributed by atoms with E-state index in [-0.39, 0.29) is 53.9 Å². The second-order valence-electron chi connectivity index (χ2n) is 13.1. The molecule has 0 amide bonds. The van der Waals surface area contributed by atoms with Gasteiger partial charge in [0.2, 0.25) is 5.88 Å². The lowest BCUT2D eigenvalue weighted by Gasteiger charge is -2.42. The molecule has 1 aromatic carbocycles. The molecule has 17 heteroatoms. The van der Waals surface area contributed by atoms with Crippen molar-refractivity contribution >= 4 is 22.4 Å². The van der Waals surface area contributed by atoms with Gasteiger partial charge in [-0.05, 0) is 44.7 Å². The molecule has 4 aliphatic rings. The number of nitrogens with two attached hydrogens (primary N) is 1.